The van der Waals surface area contributed by atoms with Gasteiger partial charge in [0.25, 0.3) is 0 Å². The van der Waals surface area contributed by atoms with Crippen LogP contribution in [0, 0.1) is 0 Å². The van der Waals surface area contributed by atoms with Gasteiger partial charge in [-0.25, -0.2) is 4.98 Å². The van der Waals surface area contributed by atoms with Crippen molar-refractivity contribution in [3.8, 4) is 5.75 Å². The van der Waals surface area contributed by atoms with E-state index in [1.165, 1.54) is 0 Å². The predicted octanol–water partition coefficient (Wildman–Crippen LogP) is 3.12. The molecule has 6 heteroatoms. The van der Waals surface area contributed by atoms with E-state index in [0.717, 1.165) is 48.9 Å². The van der Waals surface area contributed by atoms with Gasteiger partial charge in [-0.1, -0.05) is 48.5 Å². The Hall–Kier alpha value is -3.38. The molecule has 1 N–H and O–H groups in total. The van der Waals surface area contributed by atoms with Gasteiger partial charge in [-0.2, -0.15) is 0 Å². The van der Waals surface area contributed by atoms with Gasteiger partial charge in [-0.15, -0.1) is 0 Å². The zero-order valence-electron chi connectivity index (χ0n) is 17.8. The van der Waals surface area contributed by atoms with Crippen LogP contribution in [0.5, 0.6) is 5.75 Å². The zero-order chi connectivity index (χ0) is 21.5. The van der Waals surface area contributed by atoms with Crippen LogP contribution in [0.25, 0.3) is 0 Å². The Morgan fingerprint density at radius 1 is 0.935 bits per heavy atom. The molecule has 1 amide bonds. The van der Waals surface area contributed by atoms with Crippen LogP contribution in [-0.2, 0) is 4.79 Å². The van der Waals surface area contributed by atoms with E-state index >= 15 is 0 Å². The van der Waals surface area contributed by atoms with E-state index in [1.54, 1.807) is 7.11 Å². The van der Waals surface area contributed by atoms with Gasteiger partial charge in [0, 0.05) is 32.4 Å². The molecule has 160 valence electrons. The fourth-order valence-corrected chi connectivity index (χ4v) is 3.89. The Balaban J connectivity index is 1.39. The first kappa shape index (κ1) is 20.9. The molecular formula is C25H28N4O2. The standard InChI is InChI=1S/C25H28N4O2/c1-31-22-12-10-21(11-13-22)25(20-7-3-2-4-8-20)27-24(30)19-28-15-17-29(18-16-28)23-9-5-6-14-26-23/h2-14,25H,15-19H2,1H3,(H,27,30). The van der Waals surface area contributed by atoms with Gasteiger partial charge < -0.3 is 15.0 Å². The summed E-state index contributed by atoms with van der Waals surface area (Å²) in [5.74, 6) is 1.82. The van der Waals surface area contributed by atoms with Gasteiger partial charge in [0.05, 0.1) is 19.7 Å². The summed E-state index contributed by atoms with van der Waals surface area (Å²) in [5.41, 5.74) is 2.08. The van der Waals surface area contributed by atoms with Crippen molar-refractivity contribution in [1.82, 2.24) is 15.2 Å². The number of nitrogens with one attached hydrogen (secondary N) is 1. The lowest BCUT2D eigenvalue weighted by atomic mass is 9.98. The highest BCUT2D eigenvalue weighted by Crippen LogP contribution is 2.24. The van der Waals surface area contributed by atoms with Gasteiger partial charge in [-0.05, 0) is 35.4 Å². The average molecular weight is 417 g/mol. The number of carbonyl (C=O) groups is 1. The monoisotopic (exact) mass is 416 g/mol. The molecular weight excluding hydrogens is 388 g/mol. The number of hydrogen-bond donors (Lipinski definition) is 1. The van der Waals surface area contributed by atoms with Crippen molar-refractivity contribution in [2.24, 2.45) is 0 Å². The number of piperazine rings is 1. The molecule has 31 heavy (non-hydrogen) atoms. The minimum Gasteiger partial charge on any atom is -0.497 e. The van der Waals surface area contributed by atoms with E-state index in [2.05, 4.69) is 20.1 Å². The molecule has 0 radical (unpaired) electrons. The third-order valence-electron chi connectivity index (χ3n) is 5.60. The number of aromatic nitrogens is 1. The third kappa shape index (κ3) is 5.41. The van der Waals surface area contributed by atoms with E-state index in [1.807, 2.05) is 79.0 Å². The molecule has 1 unspecified atom stereocenters. The van der Waals surface area contributed by atoms with Gasteiger partial charge in [0.2, 0.25) is 5.91 Å². The van der Waals surface area contributed by atoms with Gasteiger partial charge in [0.1, 0.15) is 11.6 Å². The van der Waals surface area contributed by atoms with Crippen molar-refractivity contribution < 1.29 is 9.53 Å². The number of nitrogens with zero attached hydrogens (tertiary/aromatic N) is 3. The van der Waals surface area contributed by atoms with Crippen molar-refractivity contribution in [1.29, 1.82) is 0 Å². The largest absolute Gasteiger partial charge is 0.497 e. The number of pyridine rings is 1. The second kappa shape index (κ2) is 10.1. The quantitative estimate of drug-likeness (QED) is 0.641. The predicted molar refractivity (Wildman–Crippen MR) is 122 cm³/mol. The summed E-state index contributed by atoms with van der Waals surface area (Å²) in [6, 6.07) is 23.7. The molecule has 6 nitrogen and oxygen atoms in total. The van der Waals surface area contributed by atoms with E-state index in [0.29, 0.717) is 6.54 Å². The highest BCUT2D eigenvalue weighted by molar-refractivity contribution is 5.79. The van der Waals surface area contributed by atoms with Crippen molar-refractivity contribution in [2.75, 3.05) is 44.7 Å². The van der Waals surface area contributed by atoms with Crippen LogP contribution in [0.3, 0.4) is 0 Å². The summed E-state index contributed by atoms with van der Waals surface area (Å²) in [7, 11) is 1.65. The molecule has 0 spiro atoms. The van der Waals surface area contributed by atoms with Crippen molar-refractivity contribution in [2.45, 2.75) is 6.04 Å². The molecule has 3 aromatic rings. The fraction of sp³-hybridized carbons (Fsp3) is 0.280. The highest BCUT2D eigenvalue weighted by Gasteiger charge is 2.22. The van der Waals surface area contributed by atoms with Crippen LogP contribution >= 0.6 is 0 Å². The lowest BCUT2D eigenvalue weighted by Gasteiger charge is -2.35. The number of hydrogen-bond acceptors (Lipinski definition) is 5. The molecule has 1 aliphatic heterocycles. The highest BCUT2D eigenvalue weighted by atomic mass is 16.5. The molecule has 1 aliphatic rings. The van der Waals surface area contributed by atoms with Crippen LogP contribution in [0.1, 0.15) is 17.2 Å². The maximum Gasteiger partial charge on any atom is 0.234 e. The summed E-state index contributed by atoms with van der Waals surface area (Å²) in [6.45, 7) is 3.79. The number of carbonyl (C=O) groups excluding carboxylic acids is 1. The number of anilines is 1. The SMILES string of the molecule is COc1ccc(C(NC(=O)CN2CCN(c3ccccn3)CC2)c2ccccc2)cc1. The van der Waals surface area contributed by atoms with Crippen LogP contribution in [0.4, 0.5) is 5.82 Å². The number of methoxy groups -OCH3 is 1. The molecule has 0 aliphatic carbocycles. The maximum absolute atomic E-state index is 12.9. The lowest BCUT2D eigenvalue weighted by Crippen LogP contribution is -2.50. The van der Waals surface area contributed by atoms with Crippen LogP contribution in [0.2, 0.25) is 0 Å². The molecule has 0 bridgehead atoms. The van der Waals surface area contributed by atoms with Crippen LogP contribution in [0.15, 0.2) is 79.0 Å². The second-order valence-electron chi connectivity index (χ2n) is 7.64. The van der Waals surface area contributed by atoms with Crippen molar-refractivity contribution in [3.63, 3.8) is 0 Å². The number of rotatable bonds is 7. The average Bonchev–Trinajstić information content (AvgIpc) is 2.84. The first-order valence-corrected chi connectivity index (χ1v) is 10.6. The summed E-state index contributed by atoms with van der Waals surface area (Å²) < 4.78 is 5.27. The molecule has 1 atom stereocenters. The van der Waals surface area contributed by atoms with Crippen molar-refractivity contribution >= 4 is 11.7 Å². The number of benzene rings is 2. The lowest BCUT2D eigenvalue weighted by molar-refractivity contribution is -0.122. The normalized spacial score (nSPS) is 15.3. The van der Waals surface area contributed by atoms with Gasteiger partial charge in [-0.3, -0.25) is 9.69 Å². The minimum absolute atomic E-state index is 0.0240. The molecule has 1 fully saturated rings. The first-order chi connectivity index (χ1) is 15.2. The molecule has 2 aromatic carbocycles. The Kier molecular flexibility index (Phi) is 6.79. The molecule has 2 heterocycles. The Morgan fingerprint density at radius 3 is 2.26 bits per heavy atom. The fourth-order valence-electron chi connectivity index (χ4n) is 3.89. The number of ether oxygens (including phenoxy) is 1. The summed E-state index contributed by atoms with van der Waals surface area (Å²) >= 11 is 0. The topological polar surface area (TPSA) is 57.7 Å². The van der Waals surface area contributed by atoms with E-state index < -0.39 is 0 Å². The van der Waals surface area contributed by atoms with E-state index in [4.69, 9.17) is 4.74 Å². The molecule has 0 saturated carbocycles. The summed E-state index contributed by atoms with van der Waals surface area (Å²) in [5, 5.41) is 3.23. The third-order valence-corrected chi connectivity index (χ3v) is 5.60. The number of amides is 1. The van der Waals surface area contributed by atoms with Gasteiger partial charge in [0.15, 0.2) is 0 Å². The van der Waals surface area contributed by atoms with Gasteiger partial charge >= 0.3 is 0 Å². The molecule has 4 rings (SSSR count). The zero-order valence-corrected chi connectivity index (χ0v) is 17.8. The molecule has 1 aromatic heterocycles. The van der Waals surface area contributed by atoms with E-state index in [9.17, 15) is 4.79 Å². The minimum atomic E-state index is -0.200. The second-order valence-corrected chi connectivity index (χ2v) is 7.64. The summed E-state index contributed by atoms with van der Waals surface area (Å²) in [4.78, 5) is 21.8. The van der Waals surface area contributed by atoms with Crippen LogP contribution < -0.4 is 15.0 Å². The van der Waals surface area contributed by atoms with Crippen LogP contribution in [-0.4, -0.2) is 55.6 Å². The van der Waals surface area contributed by atoms with Crippen molar-refractivity contribution in [3.05, 3.63) is 90.1 Å². The Bertz CT molecular complexity index is 956. The smallest absolute Gasteiger partial charge is 0.234 e. The van der Waals surface area contributed by atoms with E-state index in [-0.39, 0.29) is 11.9 Å². The maximum atomic E-state index is 12.9. The molecule has 1 saturated heterocycles. The Labute approximate surface area is 183 Å². The first-order valence-electron chi connectivity index (χ1n) is 10.6. The summed E-state index contributed by atoms with van der Waals surface area (Å²) in [6.07, 6.45) is 1.82. The Morgan fingerprint density at radius 2 is 1.61 bits per heavy atom.